The normalized spacial score (nSPS) is 16.8. The molecule has 0 radical (unpaired) electrons. The Morgan fingerprint density at radius 2 is 1.71 bits per heavy atom. The Hall–Kier alpha value is -1.48. The molecule has 8 heteroatoms. The van der Waals surface area contributed by atoms with Gasteiger partial charge in [-0.1, -0.05) is 12.1 Å². The number of likely N-dealkylation sites (N-methyl/N-ethyl adjacent to an activating group) is 1. The highest BCUT2D eigenvalue weighted by Crippen LogP contribution is 2.29. The molecule has 0 aliphatic carbocycles. The Morgan fingerprint density at radius 1 is 1.08 bits per heavy atom. The molecule has 1 aliphatic heterocycles. The second-order valence-electron chi connectivity index (χ2n) is 6.12. The van der Waals surface area contributed by atoms with Gasteiger partial charge in [-0.25, -0.2) is 17.7 Å². The van der Waals surface area contributed by atoms with Crippen LogP contribution in [0.4, 0.5) is 5.13 Å². The minimum absolute atomic E-state index is 0.297. The average Bonchev–Trinajstić information content (AvgIpc) is 3.05. The predicted octanol–water partition coefficient (Wildman–Crippen LogP) is 1.81. The summed E-state index contributed by atoms with van der Waals surface area (Å²) in [5.41, 5.74) is 1.83. The maximum atomic E-state index is 12.1. The van der Waals surface area contributed by atoms with E-state index in [1.54, 1.807) is 23.5 Å². The van der Waals surface area contributed by atoms with Crippen LogP contribution >= 0.6 is 11.3 Å². The molecule has 0 spiro atoms. The molecule has 0 unspecified atom stereocenters. The Kier molecular flexibility index (Phi) is 4.91. The number of benzene rings is 1. The number of piperazine rings is 1. The minimum Gasteiger partial charge on any atom is -0.346 e. The molecule has 1 aromatic carbocycles. The molecule has 2 aromatic rings. The monoisotopic (exact) mass is 366 g/mol. The first kappa shape index (κ1) is 17.3. The van der Waals surface area contributed by atoms with Crippen molar-refractivity contribution in [3.05, 3.63) is 29.6 Å². The lowest BCUT2D eigenvalue weighted by atomic mass is 10.2. The lowest BCUT2D eigenvalue weighted by Crippen LogP contribution is -2.44. The summed E-state index contributed by atoms with van der Waals surface area (Å²) in [4.78, 5) is 9.64. The van der Waals surface area contributed by atoms with Crippen molar-refractivity contribution in [2.45, 2.75) is 4.90 Å². The van der Waals surface area contributed by atoms with E-state index in [1.807, 2.05) is 17.5 Å². The molecule has 130 valence electrons. The average molecular weight is 367 g/mol. The molecule has 0 amide bonds. The van der Waals surface area contributed by atoms with Gasteiger partial charge in [-0.3, -0.25) is 0 Å². The SMILES string of the molecule is CN1CCN(c2nc(-c3ccc(S(=O)(=O)N(C)C)cc3)cs2)CC1. The topological polar surface area (TPSA) is 56.8 Å². The number of sulfonamides is 1. The van der Waals surface area contributed by atoms with Crippen LogP contribution < -0.4 is 4.90 Å². The highest BCUT2D eigenvalue weighted by molar-refractivity contribution is 7.89. The third-order valence-electron chi connectivity index (χ3n) is 4.19. The predicted molar refractivity (Wildman–Crippen MR) is 98.1 cm³/mol. The number of aromatic nitrogens is 1. The lowest BCUT2D eigenvalue weighted by molar-refractivity contribution is 0.313. The van der Waals surface area contributed by atoms with E-state index in [-0.39, 0.29) is 0 Å². The maximum Gasteiger partial charge on any atom is 0.242 e. The second-order valence-corrected chi connectivity index (χ2v) is 9.11. The van der Waals surface area contributed by atoms with Crippen molar-refractivity contribution in [2.24, 2.45) is 0 Å². The number of hydrogen-bond donors (Lipinski definition) is 0. The van der Waals surface area contributed by atoms with Crippen molar-refractivity contribution in [2.75, 3.05) is 52.2 Å². The molecule has 1 aromatic heterocycles. The molecular weight excluding hydrogens is 344 g/mol. The standard InChI is InChI=1S/C16H22N4O2S2/c1-18(2)24(21,22)14-6-4-13(5-7-14)15-12-23-16(17-15)20-10-8-19(3)9-11-20/h4-7,12H,8-11H2,1-3H3. The summed E-state index contributed by atoms with van der Waals surface area (Å²) in [6.07, 6.45) is 0. The van der Waals surface area contributed by atoms with Gasteiger partial charge in [0.2, 0.25) is 10.0 Å². The van der Waals surface area contributed by atoms with Gasteiger partial charge in [0, 0.05) is 51.2 Å². The van der Waals surface area contributed by atoms with E-state index in [2.05, 4.69) is 16.8 Å². The molecule has 0 saturated carbocycles. The quantitative estimate of drug-likeness (QED) is 0.826. The fourth-order valence-electron chi connectivity index (χ4n) is 2.55. The first-order valence-corrected chi connectivity index (χ1v) is 10.1. The van der Waals surface area contributed by atoms with E-state index in [0.717, 1.165) is 42.6 Å². The zero-order valence-corrected chi connectivity index (χ0v) is 15.8. The van der Waals surface area contributed by atoms with Crippen molar-refractivity contribution in [3.63, 3.8) is 0 Å². The molecule has 6 nitrogen and oxygen atoms in total. The summed E-state index contributed by atoms with van der Waals surface area (Å²) in [6, 6.07) is 6.91. The molecule has 0 N–H and O–H groups in total. The van der Waals surface area contributed by atoms with Gasteiger partial charge in [-0.2, -0.15) is 0 Å². The fourth-order valence-corrected chi connectivity index (χ4v) is 4.34. The van der Waals surface area contributed by atoms with E-state index in [1.165, 1.54) is 18.4 Å². The van der Waals surface area contributed by atoms with E-state index in [4.69, 9.17) is 4.98 Å². The number of nitrogens with zero attached hydrogens (tertiary/aromatic N) is 4. The molecule has 1 aliphatic rings. The van der Waals surface area contributed by atoms with Crippen LogP contribution in [-0.4, -0.2) is 69.9 Å². The summed E-state index contributed by atoms with van der Waals surface area (Å²) in [5, 5.41) is 3.06. The van der Waals surface area contributed by atoms with E-state index in [9.17, 15) is 8.42 Å². The lowest BCUT2D eigenvalue weighted by Gasteiger charge is -2.32. The van der Waals surface area contributed by atoms with Crippen LogP contribution in [0.5, 0.6) is 0 Å². The number of anilines is 1. The molecule has 1 saturated heterocycles. The van der Waals surface area contributed by atoms with Gasteiger partial charge in [-0.15, -0.1) is 11.3 Å². The highest BCUT2D eigenvalue weighted by atomic mass is 32.2. The summed E-state index contributed by atoms with van der Waals surface area (Å²) in [7, 11) is 1.81. The summed E-state index contributed by atoms with van der Waals surface area (Å²) < 4.78 is 25.5. The van der Waals surface area contributed by atoms with Crippen molar-refractivity contribution in [1.29, 1.82) is 0 Å². The first-order chi connectivity index (χ1) is 11.4. The van der Waals surface area contributed by atoms with Crippen molar-refractivity contribution < 1.29 is 8.42 Å². The van der Waals surface area contributed by atoms with E-state index in [0.29, 0.717) is 4.90 Å². The van der Waals surface area contributed by atoms with Crippen LogP contribution in [0.25, 0.3) is 11.3 Å². The van der Waals surface area contributed by atoms with Gasteiger partial charge in [0.1, 0.15) is 0 Å². The van der Waals surface area contributed by atoms with Crippen molar-refractivity contribution in [3.8, 4) is 11.3 Å². The largest absolute Gasteiger partial charge is 0.346 e. The Labute approximate surface area is 147 Å². The molecule has 24 heavy (non-hydrogen) atoms. The van der Waals surface area contributed by atoms with Crippen LogP contribution in [0.15, 0.2) is 34.5 Å². The molecule has 1 fully saturated rings. The molecule has 3 rings (SSSR count). The summed E-state index contributed by atoms with van der Waals surface area (Å²) >= 11 is 1.64. The zero-order valence-electron chi connectivity index (χ0n) is 14.1. The van der Waals surface area contributed by atoms with Crippen LogP contribution in [0.3, 0.4) is 0 Å². The Balaban J connectivity index is 1.78. The molecule has 0 bridgehead atoms. The molecular formula is C16H22N4O2S2. The van der Waals surface area contributed by atoms with Gasteiger partial charge in [0.15, 0.2) is 5.13 Å². The van der Waals surface area contributed by atoms with Gasteiger partial charge in [0.05, 0.1) is 10.6 Å². The second kappa shape index (κ2) is 6.79. The Bertz CT molecular complexity index is 792. The fraction of sp³-hybridized carbons (Fsp3) is 0.438. The smallest absolute Gasteiger partial charge is 0.242 e. The third kappa shape index (κ3) is 3.46. The van der Waals surface area contributed by atoms with E-state index < -0.39 is 10.0 Å². The van der Waals surface area contributed by atoms with Gasteiger partial charge >= 0.3 is 0 Å². The zero-order chi connectivity index (χ0) is 17.3. The number of hydrogen-bond acceptors (Lipinski definition) is 6. The van der Waals surface area contributed by atoms with E-state index >= 15 is 0 Å². The van der Waals surface area contributed by atoms with Crippen molar-refractivity contribution in [1.82, 2.24) is 14.2 Å². The van der Waals surface area contributed by atoms with Gasteiger partial charge < -0.3 is 9.80 Å². The summed E-state index contributed by atoms with van der Waals surface area (Å²) in [6.45, 7) is 4.07. The van der Waals surface area contributed by atoms with Crippen LogP contribution in [0.1, 0.15) is 0 Å². The van der Waals surface area contributed by atoms with Gasteiger partial charge in [0.25, 0.3) is 0 Å². The van der Waals surface area contributed by atoms with Crippen LogP contribution in [0.2, 0.25) is 0 Å². The van der Waals surface area contributed by atoms with Crippen LogP contribution in [0, 0.1) is 0 Å². The van der Waals surface area contributed by atoms with Gasteiger partial charge in [-0.05, 0) is 19.2 Å². The minimum atomic E-state index is -3.39. The van der Waals surface area contributed by atoms with Crippen molar-refractivity contribution >= 4 is 26.5 Å². The van der Waals surface area contributed by atoms with Crippen LogP contribution in [-0.2, 0) is 10.0 Å². The highest BCUT2D eigenvalue weighted by Gasteiger charge is 2.19. The summed E-state index contributed by atoms with van der Waals surface area (Å²) in [5.74, 6) is 0. The number of rotatable bonds is 4. The maximum absolute atomic E-state index is 12.1. The molecule has 0 atom stereocenters. The Morgan fingerprint density at radius 3 is 2.29 bits per heavy atom. The molecule has 2 heterocycles. The first-order valence-electron chi connectivity index (χ1n) is 7.80. The number of thiazole rings is 1. The third-order valence-corrected chi connectivity index (χ3v) is 6.93.